The third kappa shape index (κ3) is 2.45. The van der Waals surface area contributed by atoms with Crippen molar-refractivity contribution in [3.63, 3.8) is 0 Å². The number of benzene rings is 1. The van der Waals surface area contributed by atoms with Gasteiger partial charge >= 0.3 is 0 Å². The second-order valence-corrected chi connectivity index (χ2v) is 6.03. The largest absolute Gasteiger partial charge is 0.381 e. The summed E-state index contributed by atoms with van der Waals surface area (Å²) in [5, 5.41) is 4.31. The Labute approximate surface area is 97.8 Å². The fraction of sp³-hybridized carbons (Fsp3) is 0.455. The zero-order valence-electron chi connectivity index (χ0n) is 8.16. The molecule has 1 aromatic carbocycles. The summed E-state index contributed by atoms with van der Waals surface area (Å²) in [5.41, 5.74) is 1.22. The lowest BCUT2D eigenvalue weighted by Crippen LogP contribution is -2.24. The summed E-state index contributed by atoms with van der Waals surface area (Å²) in [7, 11) is 0. The number of thioether (sulfide) groups is 1. The van der Waals surface area contributed by atoms with Crippen LogP contribution in [0.5, 0.6) is 0 Å². The van der Waals surface area contributed by atoms with E-state index in [2.05, 4.69) is 64.2 Å². The Balaban J connectivity index is 2.03. The van der Waals surface area contributed by atoms with Crippen molar-refractivity contribution in [2.75, 3.05) is 11.1 Å². The van der Waals surface area contributed by atoms with Crippen LogP contribution in [0, 0.1) is 0 Å². The molecule has 1 saturated heterocycles. The van der Waals surface area contributed by atoms with Crippen LogP contribution >= 0.6 is 27.7 Å². The predicted molar refractivity (Wildman–Crippen MR) is 68.1 cm³/mol. The number of hydrogen-bond donors (Lipinski definition) is 1. The Morgan fingerprint density at radius 1 is 1.50 bits per heavy atom. The van der Waals surface area contributed by atoms with E-state index in [1.54, 1.807) is 0 Å². The topological polar surface area (TPSA) is 12.0 Å². The van der Waals surface area contributed by atoms with Crippen molar-refractivity contribution in [2.45, 2.75) is 24.6 Å². The summed E-state index contributed by atoms with van der Waals surface area (Å²) in [6.45, 7) is 2.30. The van der Waals surface area contributed by atoms with Crippen LogP contribution in [-0.4, -0.2) is 17.0 Å². The van der Waals surface area contributed by atoms with E-state index < -0.39 is 0 Å². The summed E-state index contributed by atoms with van der Waals surface area (Å²) < 4.78 is 1.14. The van der Waals surface area contributed by atoms with Crippen molar-refractivity contribution >= 4 is 33.4 Å². The molecule has 1 fully saturated rings. The molecule has 1 nitrogen and oxygen atoms in total. The van der Waals surface area contributed by atoms with E-state index in [0.29, 0.717) is 6.04 Å². The van der Waals surface area contributed by atoms with E-state index in [9.17, 15) is 0 Å². The monoisotopic (exact) mass is 271 g/mol. The van der Waals surface area contributed by atoms with E-state index in [4.69, 9.17) is 0 Å². The predicted octanol–water partition coefficient (Wildman–Crippen LogP) is 3.76. The smallest absolute Gasteiger partial charge is 0.0385 e. The molecule has 1 aliphatic rings. The molecule has 0 radical (unpaired) electrons. The Bertz CT molecular complexity index is 316. The fourth-order valence-electron chi connectivity index (χ4n) is 1.71. The highest BCUT2D eigenvalue weighted by Crippen LogP contribution is 2.29. The molecule has 1 aromatic rings. The van der Waals surface area contributed by atoms with Gasteiger partial charge in [-0.15, -0.1) is 0 Å². The molecule has 1 heterocycles. The average Bonchev–Trinajstić information content (AvgIpc) is 2.52. The second kappa shape index (κ2) is 4.58. The van der Waals surface area contributed by atoms with Crippen molar-refractivity contribution in [1.29, 1.82) is 0 Å². The normalized spacial score (nSPS) is 26.4. The number of halogens is 1. The highest BCUT2D eigenvalue weighted by Gasteiger charge is 2.23. The van der Waals surface area contributed by atoms with E-state index in [0.717, 1.165) is 9.72 Å². The first-order valence-corrected chi connectivity index (χ1v) is 6.73. The second-order valence-electron chi connectivity index (χ2n) is 3.63. The molecule has 1 N–H and O–H groups in total. The van der Waals surface area contributed by atoms with Crippen molar-refractivity contribution in [3.05, 3.63) is 28.7 Å². The maximum atomic E-state index is 3.58. The van der Waals surface area contributed by atoms with Gasteiger partial charge in [-0.2, -0.15) is 11.8 Å². The SMILES string of the molecule is CC1SCCC1Nc1cccc(Br)c1. The van der Waals surface area contributed by atoms with Crippen LogP contribution in [0.3, 0.4) is 0 Å². The Kier molecular flexibility index (Phi) is 3.39. The minimum Gasteiger partial charge on any atom is -0.381 e. The molecular formula is C11H14BrNS. The van der Waals surface area contributed by atoms with Gasteiger partial charge in [-0.3, -0.25) is 0 Å². The van der Waals surface area contributed by atoms with Gasteiger partial charge in [0, 0.05) is 21.5 Å². The van der Waals surface area contributed by atoms with Gasteiger partial charge < -0.3 is 5.32 Å². The molecule has 3 heteroatoms. The Morgan fingerprint density at radius 3 is 3.00 bits per heavy atom. The zero-order valence-corrected chi connectivity index (χ0v) is 10.6. The van der Waals surface area contributed by atoms with Crippen LogP contribution in [0.25, 0.3) is 0 Å². The van der Waals surface area contributed by atoms with Gasteiger partial charge in [-0.05, 0) is 30.4 Å². The third-order valence-electron chi connectivity index (χ3n) is 2.55. The lowest BCUT2D eigenvalue weighted by molar-refractivity contribution is 0.724. The van der Waals surface area contributed by atoms with Crippen LogP contribution in [0.15, 0.2) is 28.7 Å². The molecule has 0 spiro atoms. The van der Waals surface area contributed by atoms with Crippen molar-refractivity contribution < 1.29 is 0 Å². The average molecular weight is 272 g/mol. The molecule has 0 aromatic heterocycles. The number of hydrogen-bond acceptors (Lipinski definition) is 2. The first-order chi connectivity index (χ1) is 6.75. The Morgan fingerprint density at radius 2 is 2.36 bits per heavy atom. The maximum absolute atomic E-state index is 3.58. The zero-order chi connectivity index (χ0) is 9.97. The lowest BCUT2D eigenvalue weighted by atomic mass is 10.1. The summed E-state index contributed by atoms with van der Waals surface area (Å²) >= 11 is 5.54. The van der Waals surface area contributed by atoms with Gasteiger partial charge in [-0.25, -0.2) is 0 Å². The molecule has 0 saturated carbocycles. The maximum Gasteiger partial charge on any atom is 0.0385 e. The summed E-state index contributed by atoms with van der Waals surface area (Å²) in [5.74, 6) is 1.28. The molecule has 2 unspecified atom stereocenters. The number of nitrogens with one attached hydrogen (secondary N) is 1. The first kappa shape index (κ1) is 10.4. The quantitative estimate of drug-likeness (QED) is 0.879. The first-order valence-electron chi connectivity index (χ1n) is 4.89. The molecule has 1 aliphatic heterocycles. The van der Waals surface area contributed by atoms with Crippen LogP contribution in [0.4, 0.5) is 5.69 Å². The minimum atomic E-state index is 0.634. The van der Waals surface area contributed by atoms with Crippen LogP contribution in [0.1, 0.15) is 13.3 Å². The lowest BCUT2D eigenvalue weighted by Gasteiger charge is -2.17. The van der Waals surface area contributed by atoms with E-state index >= 15 is 0 Å². The van der Waals surface area contributed by atoms with Crippen LogP contribution < -0.4 is 5.32 Å². The number of rotatable bonds is 2. The highest BCUT2D eigenvalue weighted by molar-refractivity contribution is 9.10. The van der Waals surface area contributed by atoms with Gasteiger partial charge in [0.15, 0.2) is 0 Å². The summed E-state index contributed by atoms with van der Waals surface area (Å²) in [4.78, 5) is 0. The summed E-state index contributed by atoms with van der Waals surface area (Å²) in [6.07, 6.45) is 1.28. The molecule has 2 rings (SSSR count). The van der Waals surface area contributed by atoms with Crippen LogP contribution in [0.2, 0.25) is 0 Å². The van der Waals surface area contributed by atoms with Gasteiger partial charge in [0.1, 0.15) is 0 Å². The molecular weight excluding hydrogens is 258 g/mol. The molecule has 76 valence electrons. The highest BCUT2D eigenvalue weighted by atomic mass is 79.9. The van der Waals surface area contributed by atoms with Gasteiger partial charge in [0.25, 0.3) is 0 Å². The van der Waals surface area contributed by atoms with Gasteiger partial charge in [0.2, 0.25) is 0 Å². The Hall–Kier alpha value is -0.150. The van der Waals surface area contributed by atoms with Crippen LogP contribution in [-0.2, 0) is 0 Å². The van der Waals surface area contributed by atoms with Crippen molar-refractivity contribution in [1.82, 2.24) is 0 Å². The molecule has 0 aliphatic carbocycles. The number of anilines is 1. The van der Waals surface area contributed by atoms with E-state index in [-0.39, 0.29) is 0 Å². The van der Waals surface area contributed by atoms with Gasteiger partial charge in [-0.1, -0.05) is 28.9 Å². The molecule has 14 heavy (non-hydrogen) atoms. The molecule has 0 bridgehead atoms. The van der Waals surface area contributed by atoms with E-state index in [1.807, 2.05) is 0 Å². The van der Waals surface area contributed by atoms with Crippen molar-refractivity contribution in [3.8, 4) is 0 Å². The van der Waals surface area contributed by atoms with Gasteiger partial charge in [0.05, 0.1) is 0 Å². The van der Waals surface area contributed by atoms with Crippen molar-refractivity contribution in [2.24, 2.45) is 0 Å². The van der Waals surface area contributed by atoms with E-state index in [1.165, 1.54) is 17.9 Å². The third-order valence-corrected chi connectivity index (χ3v) is 4.37. The standard InChI is InChI=1S/C11H14BrNS/c1-8-11(5-6-14-8)13-10-4-2-3-9(12)7-10/h2-4,7-8,11,13H,5-6H2,1H3. The molecule has 2 atom stereocenters. The fourth-order valence-corrected chi connectivity index (χ4v) is 3.31. The molecule has 0 amide bonds. The summed E-state index contributed by atoms with van der Waals surface area (Å²) in [6, 6.07) is 9.02. The minimum absolute atomic E-state index is 0.634.